The Bertz CT molecular complexity index is 3250. The molecule has 1 aromatic rings. The van der Waals surface area contributed by atoms with Gasteiger partial charge in [-0.3, -0.25) is 57.5 Å². The van der Waals surface area contributed by atoms with E-state index in [1.165, 1.54) is 63.1 Å². The van der Waals surface area contributed by atoms with Crippen LogP contribution in [-0.4, -0.2) is 270 Å². The van der Waals surface area contributed by atoms with Crippen LogP contribution in [0.25, 0.3) is 0 Å². The maximum absolute atomic E-state index is 15.8. The molecule has 582 valence electrons. The summed E-state index contributed by atoms with van der Waals surface area (Å²) in [5.74, 6) is -11.8. The Morgan fingerprint density at radius 2 is 1.25 bits per heavy atom. The molecule has 3 heterocycles. The van der Waals surface area contributed by atoms with Crippen molar-refractivity contribution in [1.82, 2.24) is 60.0 Å². The number of aryl methyl sites for hydroxylation is 1. The number of hydrogen-bond acceptors (Lipinski definition) is 13. The third kappa shape index (κ3) is 21.3. The van der Waals surface area contributed by atoms with Gasteiger partial charge < -0.3 is 64.8 Å². The van der Waals surface area contributed by atoms with Gasteiger partial charge in [0.05, 0.1) is 49.2 Å². The van der Waals surface area contributed by atoms with Gasteiger partial charge in [0.2, 0.25) is 70.9 Å². The number of rotatable bonds is 12. The molecule has 1 aromatic carbocycles. The monoisotopic (exact) mass is 1500 g/mol. The lowest BCUT2D eigenvalue weighted by molar-refractivity contribution is -0.163. The quantitative estimate of drug-likeness (QED) is 0.204. The number of nitrogens with zero attached hydrogens (tertiary/aromatic N) is 9. The van der Waals surface area contributed by atoms with Crippen molar-refractivity contribution >= 4 is 82.5 Å². The van der Waals surface area contributed by atoms with E-state index in [2.05, 4.69) is 16.0 Å². The molecule has 0 bridgehead atoms. The molecule has 0 unspecified atom stereocenters. The number of amides is 12. The van der Waals surface area contributed by atoms with Gasteiger partial charge in [-0.05, 0) is 100 Å². The van der Waals surface area contributed by atoms with Gasteiger partial charge in [0, 0.05) is 82.0 Å². The van der Waals surface area contributed by atoms with Gasteiger partial charge >= 0.3 is 12.4 Å². The molecule has 25 nitrogen and oxygen atoms in total. The van der Waals surface area contributed by atoms with E-state index in [-0.39, 0.29) is 82.7 Å². The highest BCUT2D eigenvalue weighted by Crippen LogP contribution is 2.39. The van der Waals surface area contributed by atoms with E-state index < -0.39 is 192 Å². The van der Waals surface area contributed by atoms with Gasteiger partial charge in [0.15, 0.2) is 0 Å². The predicted octanol–water partition coefficient (Wildman–Crippen LogP) is 5.95. The number of halogens is 7. The van der Waals surface area contributed by atoms with E-state index in [0.717, 1.165) is 69.4 Å². The average Bonchev–Trinajstić information content (AvgIpc) is 1.51. The standard InChI is InChI=1S/C72H107ClF6N12O13/c1-11-44(3)60-67(101)85(6)42-58(94)83(4)43-59(95)86(7)53(36-45-23-15-13-16-24-45)65(99)84(5)41-56(92)80-51(30-28-46-27-29-49(50(73)35-46)72(77,78)79)64(98)91-40-48(104-12-2)37-52(91)63(97)82-70(31-19-20-32-70)69(103)89(10)61(47-25-17-14-18-26-47)68(102)88(9)54(66(100)90-33-21-22-34-90)38-57(93)87(8)55(62(96)81-60)39-71(74,75)76/h27,29,35,44-45,47-48,51-55,60-61H,11-26,28,30-34,36-43H2,1-10H3,(H,80,92)(H,81,96)(H,82,97)/t44-,48+,51-,52-,53-,54-,55-,60-,61-/m0/s1. The zero-order valence-electron chi connectivity index (χ0n) is 61.8. The molecular weight excluding hydrogens is 1390 g/mol. The predicted molar refractivity (Wildman–Crippen MR) is 371 cm³/mol. The number of fused-ring (bicyclic) bond motifs is 1. The van der Waals surface area contributed by atoms with Crippen molar-refractivity contribution in [2.75, 3.05) is 95.2 Å². The Labute approximate surface area is 610 Å². The second-order valence-corrected chi connectivity index (χ2v) is 30.0. The lowest BCUT2D eigenvalue weighted by Gasteiger charge is -2.43. The Hall–Kier alpha value is -7.31. The molecule has 3 aliphatic carbocycles. The third-order valence-corrected chi connectivity index (χ3v) is 22.6. The van der Waals surface area contributed by atoms with Crippen LogP contribution in [0.3, 0.4) is 0 Å². The van der Waals surface area contributed by atoms with Crippen LogP contribution in [-0.2, 0) is 74.9 Å². The molecule has 104 heavy (non-hydrogen) atoms. The summed E-state index contributed by atoms with van der Waals surface area (Å²) in [4.78, 5) is 189. The van der Waals surface area contributed by atoms with Crippen LogP contribution in [0.5, 0.6) is 0 Å². The topological polar surface area (TPSA) is 279 Å². The molecule has 32 heteroatoms. The highest BCUT2D eigenvalue weighted by molar-refractivity contribution is 6.31. The van der Waals surface area contributed by atoms with Crippen LogP contribution in [0.1, 0.15) is 173 Å². The summed E-state index contributed by atoms with van der Waals surface area (Å²) in [7, 11) is 8.79. The molecule has 9 atom stereocenters. The van der Waals surface area contributed by atoms with E-state index in [1.807, 2.05) is 0 Å². The highest BCUT2D eigenvalue weighted by atomic mass is 35.5. The minimum Gasteiger partial charge on any atom is -0.377 e. The summed E-state index contributed by atoms with van der Waals surface area (Å²) in [5.41, 5.74) is -2.58. The lowest BCUT2D eigenvalue weighted by atomic mass is 9.81. The molecule has 3 aliphatic heterocycles. The molecule has 12 amide bonds. The summed E-state index contributed by atoms with van der Waals surface area (Å²) in [6.07, 6.45) is -4.67. The van der Waals surface area contributed by atoms with Crippen LogP contribution in [0, 0.1) is 17.8 Å². The largest absolute Gasteiger partial charge is 0.417 e. The fourth-order valence-electron chi connectivity index (χ4n) is 15.8. The number of carbonyl (C=O) groups is 12. The van der Waals surface area contributed by atoms with Crippen LogP contribution < -0.4 is 16.0 Å². The number of nitrogens with one attached hydrogen (secondary N) is 3. The van der Waals surface area contributed by atoms with Gasteiger partial charge in [0.25, 0.3) is 0 Å². The molecule has 6 aliphatic rings. The summed E-state index contributed by atoms with van der Waals surface area (Å²) < 4.78 is 92.3. The average molecular weight is 1500 g/mol. The summed E-state index contributed by atoms with van der Waals surface area (Å²) >= 11 is 6.17. The second kappa shape index (κ2) is 36.8. The SMILES string of the molecule is CCO[C@@H]1C[C@H]2C(=O)NC3(CCCC3)C(=O)N(C)[C@@H](C3CCCCC3)C(=O)N(C)[C@H](C(=O)N3CCCC3)CC(=O)N(C)[C@@H](CC(F)(F)F)C(=O)N[C@@H]([C@@H](C)CC)C(=O)N(C)CC(=O)N(C)CC(=O)N(C)[C@@H](CC3CCCCC3)C(=O)N(C)CC(=O)N[C@@H](CCc3ccc(C(F)(F)F)c(Cl)c3)C(=O)N2C1. The van der Waals surface area contributed by atoms with E-state index in [4.69, 9.17) is 16.3 Å². The first-order chi connectivity index (χ1) is 48.9. The number of alkyl halides is 6. The number of hydrogen-bond donors (Lipinski definition) is 3. The maximum Gasteiger partial charge on any atom is 0.417 e. The van der Waals surface area contributed by atoms with Crippen molar-refractivity contribution in [2.45, 2.75) is 235 Å². The van der Waals surface area contributed by atoms with Crippen molar-refractivity contribution in [3.8, 4) is 0 Å². The first-order valence-corrected chi connectivity index (χ1v) is 37.1. The van der Waals surface area contributed by atoms with Crippen molar-refractivity contribution in [3.63, 3.8) is 0 Å². The van der Waals surface area contributed by atoms with Gasteiger partial charge in [0.1, 0.15) is 47.8 Å². The van der Waals surface area contributed by atoms with E-state index >= 15 is 19.2 Å². The van der Waals surface area contributed by atoms with Crippen molar-refractivity contribution in [1.29, 1.82) is 0 Å². The van der Waals surface area contributed by atoms with Gasteiger partial charge in [-0.2, -0.15) is 26.3 Å². The minimum absolute atomic E-state index is 0.0506. The van der Waals surface area contributed by atoms with Crippen LogP contribution in [0.4, 0.5) is 26.3 Å². The van der Waals surface area contributed by atoms with Gasteiger partial charge in [-0.15, -0.1) is 0 Å². The molecule has 3 saturated heterocycles. The van der Waals surface area contributed by atoms with Crippen molar-refractivity contribution in [3.05, 3.63) is 34.3 Å². The first kappa shape index (κ1) is 84.0. The number of likely N-dealkylation sites (N-methyl/N-ethyl adjacent to an activating group) is 7. The first-order valence-electron chi connectivity index (χ1n) is 36.8. The van der Waals surface area contributed by atoms with Gasteiger partial charge in [-0.1, -0.05) is 102 Å². The summed E-state index contributed by atoms with van der Waals surface area (Å²) in [6, 6.07) is -8.07. The summed E-state index contributed by atoms with van der Waals surface area (Å²) in [6.45, 7) is 3.20. The molecule has 0 aromatic heterocycles. The molecule has 1 spiro atoms. The Balaban J connectivity index is 1.32. The van der Waals surface area contributed by atoms with Crippen LogP contribution in [0.15, 0.2) is 18.2 Å². The van der Waals surface area contributed by atoms with E-state index in [9.17, 15) is 64.7 Å². The number of benzene rings is 1. The molecular formula is C72H107ClF6N12O13. The van der Waals surface area contributed by atoms with E-state index in [0.29, 0.717) is 69.1 Å². The fraction of sp³-hybridized carbons (Fsp3) is 0.750. The van der Waals surface area contributed by atoms with Crippen LogP contribution >= 0.6 is 11.6 Å². The molecule has 3 saturated carbocycles. The Kier molecular flexibility index (Phi) is 29.7. The third-order valence-electron chi connectivity index (χ3n) is 22.2. The smallest absolute Gasteiger partial charge is 0.377 e. The van der Waals surface area contributed by atoms with Crippen LogP contribution in [0.2, 0.25) is 5.02 Å². The zero-order valence-corrected chi connectivity index (χ0v) is 62.5. The van der Waals surface area contributed by atoms with Gasteiger partial charge in [-0.25, -0.2) is 0 Å². The normalized spacial score (nSPS) is 27.1. The summed E-state index contributed by atoms with van der Waals surface area (Å²) in [5, 5.41) is 7.56. The molecule has 0 radical (unpaired) electrons. The van der Waals surface area contributed by atoms with Crippen molar-refractivity contribution < 1.29 is 88.6 Å². The highest BCUT2D eigenvalue weighted by Gasteiger charge is 2.53. The second-order valence-electron chi connectivity index (χ2n) is 29.6. The van der Waals surface area contributed by atoms with E-state index in [1.54, 1.807) is 20.8 Å². The lowest BCUT2D eigenvalue weighted by Crippen LogP contribution is -2.65. The van der Waals surface area contributed by atoms with Crippen molar-refractivity contribution in [2.24, 2.45) is 17.8 Å². The number of carbonyl (C=O) groups excluding carboxylic acids is 12. The fourth-order valence-corrected chi connectivity index (χ4v) is 16.1. The Morgan fingerprint density at radius 1 is 0.654 bits per heavy atom. The molecule has 3 N–H and O–H groups in total. The Morgan fingerprint density at radius 3 is 1.84 bits per heavy atom. The zero-order chi connectivity index (χ0) is 76.9. The minimum atomic E-state index is -5.10. The molecule has 6 fully saturated rings. The number of likely N-dealkylation sites (tertiary alicyclic amines) is 1. The maximum atomic E-state index is 15.8. The molecule has 7 rings (SSSR count). The number of ether oxygens (including phenoxy) is 1.